The van der Waals surface area contributed by atoms with Crippen molar-refractivity contribution in [3.05, 3.63) is 40.2 Å². The lowest BCUT2D eigenvalue weighted by molar-refractivity contribution is -0.126. The van der Waals surface area contributed by atoms with E-state index < -0.39 is 11.9 Å². The lowest BCUT2D eigenvalue weighted by Gasteiger charge is -2.25. The van der Waals surface area contributed by atoms with E-state index in [0.29, 0.717) is 23.7 Å². The molecule has 4 amide bonds. The number of anilines is 1. The minimum Gasteiger partial charge on any atom is -0.367 e. The number of thioether (sulfide) groups is 1. The van der Waals surface area contributed by atoms with Crippen molar-refractivity contribution in [1.29, 1.82) is 0 Å². The lowest BCUT2D eigenvalue weighted by atomic mass is 10.2. The molecule has 2 aromatic rings. The predicted molar refractivity (Wildman–Crippen MR) is 136 cm³/mol. The molecule has 4 aliphatic rings. The Bertz CT molecular complexity index is 1330. The SMILES string of the molecule is CN1CCC(N(C)C(=O)C2=CCC(c3cc(NC4CC4)n4ncc(/C=C5\NC(=O)NC5=O)c4n3)S2)C1. The van der Waals surface area contributed by atoms with Crippen LogP contribution < -0.4 is 16.0 Å². The molecule has 0 bridgehead atoms. The highest BCUT2D eigenvalue weighted by Crippen LogP contribution is 2.44. The van der Waals surface area contributed by atoms with Crippen molar-refractivity contribution in [3.8, 4) is 0 Å². The molecule has 2 aromatic heterocycles. The quantitative estimate of drug-likeness (QED) is 0.398. The van der Waals surface area contributed by atoms with Gasteiger partial charge in [0.1, 0.15) is 11.5 Å². The molecule has 0 radical (unpaired) electrons. The second-order valence-electron chi connectivity index (χ2n) is 9.82. The summed E-state index contributed by atoms with van der Waals surface area (Å²) in [5.41, 5.74) is 2.21. The topological polar surface area (TPSA) is 124 Å². The van der Waals surface area contributed by atoms with Gasteiger partial charge in [0, 0.05) is 37.3 Å². The number of rotatable bonds is 6. The van der Waals surface area contributed by atoms with Crippen LogP contribution in [0.5, 0.6) is 0 Å². The van der Waals surface area contributed by atoms with Gasteiger partial charge in [0.05, 0.1) is 22.0 Å². The zero-order valence-corrected chi connectivity index (χ0v) is 21.0. The smallest absolute Gasteiger partial charge is 0.326 e. The minimum atomic E-state index is -0.549. The van der Waals surface area contributed by atoms with Crippen LogP contribution in [0.3, 0.4) is 0 Å². The molecule has 1 aliphatic carbocycles. The van der Waals surface area contributed by atoms with Crippen molar-refractivity contribution in [2.24, 2.45) is 0 Å². The number of imide groups is 1. The van der Waals surface area contributed by atoms with Gasteiger partial charge in [0.25, 0.3) is 11.8 Å². The van der Waals surface area contributed by atoms with E-state index in [-0.39, 0.29) is 22.9 Å². The number of amides is 4. The molecule has 0 spiro atoms. The highest BCUT2D eigenvalue weighted by atomic mass is 32.2. The van der Waals surface area contributed by atoms with Gasteiger partial charge in [-0.2, -0.15) is 9.61 Å². The van der Waals surface area contributed by atoms with Gasteiger partial charge in [-0.1, -0.05) is 6.08 Å². The summed E-state index contributed by atoms with van der Waals surface area (Å²) in [4.78, 5) is 46.6. The minimum absolute atomic E-state index is 0.00163. The standard InChI is InChI=1S/C24H28N8O3S/c1-30-8-7-15(12-30)31(2)23(34)19-6-5-18(36-19)16-10-20(26-14-3-4-14)32-21(27-16)13(11-25-32)9-17-22(33)29-24(35)28-17/h6,9-11,14-15,18,26H,3-5,7-8,12H2,1-2H3,(H2,28,29,33,35)/b17-9-. The van der Waals surface area contributed by atoms with Crippen LogP contribution in [0.25, 0.3) is 11.7 Å². The van der Waals surface area contributed by atoms with Crippen LogP contribution in [-0.4, -0.2) is 81.5 Å². The first-order valence-electron chi connectivity index (χ1n) is 12.2. The Morgan fingerprint density at radius 3 is 2.81 bits per heavy atom. The molecule has 1 saturated carbocycles. The molecule has 188 valence electrons. The summed E-state index contributed by atoms with van der Waals surface area (Å²) in [5.74, 6) is 0.412. The number of nitrogens with zero attached hydrogens (tertiary/aromatic N) is 5. The number of allylic oxidation sites excluding steroid dienone is 1. The Kier molecular flexibility index (Phi) is 5.72. The average Bonchev–Trinajstić information content (AvgIpc) is 3.22. The Balaban J connectivity index is 1.27. The molecule has 2 unspecified atom stereocenters. The summed E-state index contributed by atoms with van der Waals surface area (Å²) in [6.45, 7) is 1.91. The van der Waals surface area contributed by atoms with E-state index in [1.807, 2.05) is 24.1 Å². The van der Waals surface area contributed by atoms with E-state index in [4.69, 9.17) is 4.98 Å². The number of carbonyl (C=O) groups excluding carboxylic acids is 3. The third-order valence-electron chi connectivity index (χ3n) is 7.03. The normalized spacial score (nSPS) is 25.4. The van der Waals surface area contributed by atoms with Crippen LogP contribution in [0.4, 0.5) is 10.6 Å². The molecule has 12 heteroatoms. The van der Waals surface area contributed by atoms with E-state index in [1.54, 1.807) is 28.6 Å². The highest BCUT2D eigenvalue weighted by molar-refractivity contribution is 8.04. The van der Waals surface area contributed by atoms with Crippen molar-refractivity contribution >= 4 is 47.1 Å². The monoisotopic (exact) mass is 508 g/mol. The lowest BCUT2D eigenvalue weighted by Crippen LogP contribution is -2.38. The number of aromatic nitrogens is 3. The van der Waals surface area contributed by atoms with Crippen LogP contribution in [-0.2, 0) is 9.59 Å². The summed E-state index contributed by atoms with van der Waals surface area (Å²) in [7, 11) is 3.98. The van der Waals surface area contributed by atoms with Crippen molar-refractivity contribution in [1.82, 2.24) is 35.0 Å². The first-order chi connectivity index (χ1) is 17.4. The Hall–Kier alpha value is -3.38. The number of likely N-dealkylation sites (N-methyl/N-ethyl adjacent to an activating group) is 2. The number of fused-ring (bicyclic) bond motifs is 1. The first-order valence-corrected chi connectivity index (χ1v) is 13.1. The number of urea groups is 1. The van der Waals surface area contributed by atoms with E-state index in [0.717, 1.165) is 48.8 Å². The zero-order valence-electron chi connectivity index (χ0n) is 20.2. The van der Waals surface area contributed by atoms with Gasteiger partial charge in [-0.3, -0.25) is 14.9 Å². The summed E-state index contributed by atoms with van der Waals surface area (Å²) >= 11 is 1.55. The molecular formula is C24H28N8O3S. The van der Waals surface area contributed by atoms with Gasteiger partial charge in [-0.15, -0.1) is 11.8 Å². The van der Waals surface area contributed by atoms with Crippen molar-refractivity contribution in [2.75, 3.05) is 32.5 Å². The van der Waals surface area contributed by atoms with Gasteiger partial charge in [0.2, 0.25) is 0 Å². The fraction of sp³-hybridized carbons (Fsp3) is 0.458. The fourth-order valence-electron chi connectivity index (χ4n) is 4.79. The molecular weight excluding hydrogens is 480 g/mol. The van der Waals surface area contributed by atoms with Gasteiger partial charge in [-0.25, -0.2) is 9.78 Å². The molecule has 2 atom stereocenters. The largest absolute Gasteiger partial charge is 0.367 e. The first kappa shape index (κ1) is 23.0. The number of likely N-dealkylation sites (tertiary alicyclic amines) is 1. The number of hydrogen-bond acceptors (Lipinski definition) is 8. The molecule has 3 N–H and O–H groups in total. The molecule has 2 saturated heterocycles. The summed E-state index contributed by atoms with van der Waals surface area (Å²) in [6.07, 6.45) is 9.14. The van der Waals surface area contributed by atoms with Gasteiger partial charge < -0.3 is 20.4 Å². The molecule has 36 heavy (non-hydrogen) atoms. The zero-order chi connectivity index (χ0) is 25.0. The van der Waals surface area contributed by atoms with E-state index in [2.05, 4.69) is 33.0 Å². The third kappa shape index (κ3) is 4.35. The van der Waals surface area contributed by atoms with Crippen molar-refractivity contribution < 1.29 is 14.4 Å². The number of nitrogens with one attached hydrogen (secondary N) is 3. The summed E-state index contributed by atoms with van der Waals surface area (Å²) in [5, 5.41) is 12.7. The molecule has 11 nitrogen and oxygen atoms in total. The van der Waals surface area contributed by atoms with Crippen LogP contribution in [0, 0.1) is 0 Å². The maximum absolute atomic E-state index is 13.2. The third-order valence-corrected chi connectivity index (χ3v) is 8.34. The Morgan fingerprint density at radius 2 is 2.11 bits per heavy atom. The van der Waals surface area contributed by atoms with E-state index in [9.17, 15) is 14.4 Å². The average molecular weight is 509 g/mol. The number of hydrogen-bond donors (Lipinski definition) is 3. The van der Waals surface area contributed by atoms with Gasteiger partial charge >= 0.3 is 6.03 Å². The molecule has 0 aromatic carbocycles. The Morgan fingerprint density at radius 1 is 1.28 bits per heavy atom. The molecule has 3 aliphatic heterocycles. The van der Waals surface area contributed by atoms with Gasteiger partial charge in [0.15, 0.2) is 5.65 Å². The maximum Gasteiger partial charge on any atom is 0.326 e. The van der Waals surface area contributed by atoms with Crippen LogP contribution >= 0.6 is 11.8 Å². The highest BCUT2D eigenvalue weighted by Gasteiger charge is 2.33. The Labute approximate surface area is 212 Å². The second-order valence-corrected chi connectivity index (χ2v) is 11.1. The van der Waals surface area contributed by atoms with E-state index in [1.165, 1.54) is 0 Å². The van der Waals surface area contributed by atoms with Gasteiger partial charge in [-0.05, 0) is 45.4 Å². The fourth-order valence-corrected chi connectivity index (χ4v) is 5.97. The maximum atomic E-state index is 13.2. The van der Waals surface area contributed by atoms with Crippen molar-refractivity contribution in [3.63, 3.8) is 0 Å². The predicted octanol–water partition coefficient (Wildman–Crippen LogP) is 1.71. The molecule has 5 heterocycles. The summed E-state index contributed by atoms with van der Waals surface area (Å²) in [6, 6.07) is 2.10. The summed E-state index contributed by atoms with van der Waals surface area (Å²) < 4.78 is 1.73. The molecule has 3 fully saturated rings. The second kappa shape index (κ2) is 8.93. The van der Waals surface area contributed by atoms with Crippen LogP contribution in [0.1, 0.15) is 42.2 Å². The van der Waals surface area contributed by atoms with Crippen molar-refractivity contribution in [2.45, 2.75) is 43.0 Å². The van der Waals surface area contributed by atoms with E-state index >= 15 is 0 Å². The molecule has 6 rings (SSSR count). The van der Waals surface area contributed by atoms with Crippen LogP contribution in [0.15, 0.2) is 28.9 Å². The number of carbonyl (C=O) groups is 3. The van der Waals surface area contributed by atoms with Crippen LogP contribution in [0.2, 0.25) is 0 Å².